The molecule has 0 amide bonds. The van der Waals surface area contributed by atoms with Crippen molar-refractivity contribution in [2.75, 3.05) is 7.11 Å². The van der Waals surface area contributed by atoms with Crippen LogP contribution < -0.4 is 16.0 Å². The minimum Gasteiger partial charge on any atom is -0.497 e. The molecule has 0 N–H and O–H groups in total. The zero-order chi connectivity index (χ0) is 22.8. The van der Waals surface area contributed by atoms with Crippen LogP contribution in [0.25, 0.3) is 16.9 Å². The number of fused-ring (bicyclic) bond motifs is 1. The van der Waals surface area contributed by atoms with E-state index in [0.29, 0.717) is 30.1 Å². The lowest BCUT2D eigenvalue weighted by molar-refractivity contribution is 0.414. The first kappa shape index (κ1) is 21.5. The van der Waals surface area contributed by atoms with Crippen LogP contribution >= 0.6 is 0 Å². The third kappa shape index (κ3) is 4.08. The SMILES string of the molecule is COc1ccc(Cn2cnc3c2c(=O)n(CCC(C)C)c(=O)n3-c2cccc(F)c2)cc1. The van der Waals surface area contributed by atoms with Gasteiger partial charge in [-0.05, 0) is 48.2 Å². The molecule has 0 saturated heterocycles. The number of aromatic nitrogens is 4. The quantitative estimate of drug-likeness (QED) is 0.444. The van der Waals surface area contributed by atoms with E-state index in [1.165, 1.54) is 27.3 Å². The molecule has 8 heteroatoms. The van der Waals surface area contributed by atoms with Crippen LogP contribution in [-0.4, -0.2) is 25.8 Å². The van der Waals surface area contributed by atoms with Crippen molar-refractivity contribution in [3.05, 3.63) is 87.1 Å². The molecule has 166 valence electrons. The van der Waals surface area contributed by atoms with E-state index >= 15 is 0 Å². The summed E-state index contributed by atoms with van der Waals surface area (Å²) in [6.07, 6.45) is 2.20. The molecule has 0 spiro atoms. The molecule has 2 aromatic heterocycles. The number of rotatable bonds is 7. The summed E-state index contributed by atoms with van der Waals surface area (Å²) in [4.78, 5) is 31.1. The Labute approximate surface area is 184 Å². The first-order valence-electron chi connectivity index (χ1n) is 10.5. The fourth-order valence-corrected chi connectivity index (χ4v) is 3.66. The number of halogens is 1. The molecule has 4 rings (SSSR count). The van der Waals surface area contributed by atoms with E-state index in [4.69, 9.17) is 4.74 Å². The van der Waals surface area contributed by atoms with Gasteiger partial charge >= 0.3 is 5.69 Å². The van der Waals surface area contributed by atoms with Gasteiger partial charge in [0.2, 0.25) is 0 Å². The van der Waals surface area contributed by atoms with Crippen LogP contribution in [0.2, 0.25) is 0 Å². The van der Waals surface area contributed by atoms with Crippen molar-refractivity contribution in [2.45, 2.75) is 33.4 Å². The molecule has 0 aliphatic heterocycles. The molecule has 0 radical (unpaired) electrons. The molecule has 0 fully saturated rings. The molecule has 0 atom stereocenters. The molecule has 32 heavy (non-hydrogen) atoms. The third-order valence-electron chi connectivity index (χ3n) is 5.41. The lowest BCUT2D eigenvalue weighted by Gasteiger charge is -2.14. The first-order chi connectivity index (χ1) is 15.4. The molecular weight excluding hydrogens is 411 g/mol. The highest BCUT2D eigenvalue weighted by Crippen LogP contribution is 2.17. The van der Waals surface area contributed by atoms with Crippen molar-refractivity contribution < 1.29 is 9.13 Å². The van der Waals surface area contributed by atoms with Crippen molar-refractivity contribution in [3.63, 3.8) is 0 Å². The predicted molar refractivity (Wildman–Crippen MR) is 121 cm³/mol. The molecule has 0 unspecified atom stereocenters. The second kappa shape index (κ2) is 8.82. The Bertz CT molecular complexity index is 1370. The Hall–Kier alpha value is -3.68. The van der Waals surface area contributed by atoms with Crippen LogP contribution in [0.1, 0.15) is 25.8 Å². The lowest BCUT2D eigenvalue weighted by atomic mass is 10.1. The Kier molecular flexibility index (Phi) is 5.94. The standard InChI is InChI=1S/C24H25FN4O3/c1-16(2)11-12-28-23(30)21-22(29(24(28)31)19-6-4-5-18(25)13-19)26-15-27(21)14-17-7-9-20(32-3)10-8-17/h4-10,13,15-16H,11-12,14H2,1-3H3. The molecular formula is C24H25FN4O3. The number of ether oxygens (including phenoxy) is 1. The summed E-state index contributed by atoms with van der Waals surface area (Å²) >= 11 is 0. The van der Waals surface area contributed by atoms with E-state index in [1.54, 1.807) is 24.1 Å². The summed E-state index contributed by atoms with van der Waals surface area (Å²) < 4.78 is 23.4. The first-order valence-corrected chi connectivity index (χ1v) is 10.5. The van der Waals surface area contributed by atoms with Gasteiger partial charge in [0.1, 0.15) is 11.6 Å². The van der Waals surface area contributed by atoms with E-state index in [-0.39, 0.29) is 12.2 Å². The number of methoxy groups -OCH3 is 1. The molecule has 2 heterocycles. The van der Waals surface area contributed by atoms with E-state index in [9.17, 15) is 14.0 Å². The van der Waals surface area contributed by atoms with Crippen molar-refractivity contribution in [1.29, 1.82) is 0 Å². The van der Waals surface area contributed by atoms with Gasteiger partial charge in [0, 0.05) is 13.1 Å². The van der Waals surface area contributed by atoms with Gasteiger partial charge in [-0.2, -0.15) is 0 Å². The Morgan fingerprint density at radius 2 is 1.84 bits per heavy atom. The number of nitrogens with zero attached hydrogens (tertiary/aromatic N) is 4. The van der Waals surface area contributed by atoms with Crippen molar-refractivity contribution >= 4 is 11.2 Å². The summed E-state index contributed by atoms with van der Waals surface area (Å²) in [6.45, 7) is 4.72. The summed E-state index contributed by atoms with van der Waals surface area (Å²) in [5.41, 5.74) is 0.857. The molecule has 0 saturated carbocycles. The maximum atomic E-state index is 14.0. The van der Waals surface area contributed by atoms with Crippen LogP contribution in [0.5, 0.6) is 5.75 Å². The smallest absolute Gasteiger partial charge is 0.337 e. The van der Waals surface area contributed by atoms with Crippen LogP contribution in [0.3, 0.4) is 0 Å². The Balaban J connectivity index is 1.92. The number of hydrogen-bond acceptors (Lipinski definition) is 4. The lowest BCUT2D eigenvalue weighted by Crippen LogP contribution is -2.40. The van der Waals surface area contributed by atoms with Crippen LogP contribution in [0.15, 0.2) is 64.4 Å². The highest BCUT2D eigenvalue weighted by molar-refractivity contribution is 5.72. The summed E-state index contributed by atoms with van der Waals surface area (Å²) in [5.74, 6) is 0.573. The third-order valence-corrected chi connectivity index (χ3v) is 5.41. The van der Waals surface area contributed by atoms with Crippen LogP contribution in [0.4, 0.5) is 4.39 Å². The zero-order valence-electron chi connectivity index (χ0n) is 18.3. The minimum absolute atomic E-state index is 0.208. The highest BCUT2D eigenvalue weighted by atomic mass is 19.1. The van der Waals surface area contributed by atoms with Gasteiger partial charge in [-0.1, -0.05) is 32.0 Å². The van der Waals surface area contributed by atoms with Gasteiger partial charge in [0.15, 0.2) is 11.2 Å². The normalized spacial score (nSPS) is 11.4. The molecule has 7 nitrogen and oxygen atoms in total. The van der Waals surface area contributed by atoms with Gasteiger partial charge in [-0.3, -0.25) is 9.36 Å². The molecule has 2 aromatic carbocycles. The average Bonchev–Trinajstić information content (AvgIpc) is 3.17. The molecule has 4 aromatic rings. The number of imidazole rings is 1. The number of benzene rings is 2. The van der Waals surface area contributed by atoms with E-state index in [2.05, 4.69) is 4.98 Å². The molecule has 0 aliphatic carbocycles. The minimum atomic E-state index is -0.525. The maximum absolute atomic E-state index is 14.0. The topological polar surface area (TPSA) is 71.1 Å². The monoisotopic (exact) mass is 436 g/mol. The summed E-state index contributed by atoms with van der Waals surface area (Å²) in [5, 5.41) is 0. The Morgan fingerprint density at radius 3 is 2.50 bits per heavy atom. The van der Waals surface area contributed by atoms with Gasteiger partial charge < -0.3 is 9.30 Å². The van der Waals surface area contributed by atoms with Crippen LogP contribution in [-0.2, 0) is 13.1 Å². The second-order valence-corrected chi connectivity index (χ2v) is 8.13. The highest BCUT2D eigenvalue weighted by Gasteiger charge is 2.19. The summed E-state index contributed by atoms with van der Waals surface area (Å²) in [7, 11) is 1.60. The van der Waals surface area contributed by atoms with Crippen molar-refractivity contribution in [2.24, 2.45) is 5.92 Å². The van der Waals surface area contributed by atoms with Gasteiger partial charge in [0.05, 0.1) is 19.1 Å². The van der Waals surface area contributed by atoms with Gasteiger partial charge in [-0.25, -0.2) is 18.7 Å². The fourth-order valence-electron chi connectivity index (χ4n) is 3.66. The van der Waals surface area contributed by atoms with Crippen LogP contribution in [0, 0.1) is 11.7 Å². The summed E-state index contributed by atoms with van der Waals surface area (Å²) in [6, 6.07) is 13.2. The number of hydrogen-bond donors (Lipinski definition) is 0. The van der Waals surface area contributed by atoms with Crippen molar-refractivity contribution in [1.82, 2.24) is 18.7 Å². The molecule has 0 aliphatic rings. The maximum Gasteiger partial charge on any atom is 0.337 e. The largest absolute Gasteiger partial charge is 0.497 e. The molecule has 0 bridgehead atoms. The van der Waals surface area contributed by atoms with E-state index in [0.717, 1.165) is 11.3 Å². The van der Waals surface area contributed by atoms with Crippen molar-refractivity contribution in [3.8, 4) is 11.4 Å². The zero-order valence-corrected chi connectivity index (χ0v) is 18.3. The van der Waals surface area contributed by atoms with E-state index in [1.807, 2.05) is 38.1 Å². The van der Waals surface area contributed by atoms with E-state index < -0.39 is 17.1 Å². The average molecular weight is 436 g/mol. The second-order valence-electron chi connectivity index (χ2n) is 8.13. The fraction of sp³-hybridized carbons (Fsp3) is 0.292. The predicted octanol–water partition coefficient (Wildman–Crippen LogP) is 3.59. The van der Waals surface area contributed by atoms with Gasteiger partial charge in [0.25, 0.3) is 5.56 Å². The van der Waals surface area contributed by atoms with Gasteiger partial charge in [-0.15, -0.1) is 0 Å². The Morgan fingerprint density at radius 1 is 1.09 bits per heavy atom.